The Bertz CT molecular complexity index is 348. The van der Waals surface area contributed by atoms with Gasteiger partial charge >= 0.3 is 0 Å². The second-order valence-electron chi connectivity index (χ2n) is 4.20. The molecule has 0 aliphatic heterocycles. The van der Waals surface area contributed by atoms with Crippen molar-refractivity contribution in [1.29, 1.82) is 0 Å². The third-order valence-corrected chi connectivity index (χ3v) is 2.81. The minimum absolute atomic E-state index is 0.573. The smallest absolute Gasteiger partial charge is 0.218 e. The van der Waals surface area contributed by atoms with Gasteiger partial charge in [0, 0.05) is 12.1 Å². The van der Waals surface area contributed by atoms with E-state index in [0.717, 1.165) is 11.6 Å². The van der Waals surface area contributed by atoms with E-state index in [2.05, 4.69) is 15.3 Å². The minimum atomic E-state index is 0.573. The maximum absolute atomic E-state index is 5.40. The second kappa shape index (κ2) is 5.14. The van der Waals surface area contributed by atoms with Crippen LogP contribution in [0.2, 0.25) is 0 Å². The summed E-state index contributed by atoms with van der Waals surface area (Å²) in [6.07, 6.45) is 5.13. The van der Waals surface area contributed by atoms with Crippen molar-refractivity contribution in [3.8, 4) is 5.88 Å². The summed E-state index contributed by atoms with van der Waals surface area (Å²) in [4.78, 5) is 8.60. The monoisotopic (exact) mass is 221 g/mol. The number of hydrogen-bond donors (Lipinski definition) is 1. The normalized spacial score (nSPS) is 16.4. The predicted molar refractivity (Wildman–Crippen MR) is 63.8 cm³/mol. The quantitative estimate of drug-likeness (QED) is 0.848. The molecule has 4 nitrogen and oxygen atoms in total. The molecule has 2 rings (SSSR count). The van der Waals surface area contributed by atoms with E-state index in [1.165, 1.54) is 25.7 Å². The highest BCUT2D eigenvalue weighted by Crippen LogP contribution is 2.22. The van der Waals surface area contributed by atoms with E-state index >= 15 is 0 Å². The number of anilines is 1. The summed E-state index contributed by atoms with van der Waals surface area (Å²) in [6, 6.07) is 2.46. The summed E-state index contributed by atoms with van der Waals surface area (Å²) in [5.74, 6) is 2.31. The maximum Gasteiger partial charge on any atom is 0.218 e. The maximum atomic E-state index is 5.40. The van der Waals surface area contributed by atoms with Gasteiger partial charge in [0.25, 0.3) is 0 Å². The highest BCUT2D eigenvalue weighted by molar-refractivity contribution is 5.39. The number of aromatic nitrogens is 2. The van der Waals surface area contributed by atoms with Crippen LogP contribution >= 0.6 is 0 Å². The lowest BCUT2D eigenvalue weighted by Gasteiger charge is -2.13. The summed E-state index contributed by atoms with van der Waals surface area (Å²) >= 11 is 0. The predicted octanol–water partition coefficient (Wildman–Crippen LogP) is 2.54. The van der Waals surface area contributed by atoms with E-state index in [-0.39, 0.29) is 0 Å². The molecule has 0 aromatic carbocycles. The standard InChI is InChI=1S/C12H19N3O/c1-3-16-12-8-11(13-9(2)14-12)15-10-6-4-5-7-10/h8,10H,3-7H2,1-2H3,(H,13,14,15). The van der Waals surface area contributed by atoms with Crippen LogP contribution in [0.5, 0.6) is 5.88 Å². The molecule has 16 heavy (non-hydrogen) atoms. The molecule has 1 aliphatic carbocycles. The lowest BCUT2D eigenvalue weighted by Crippen LogP contribution is -2.16. The number of ether oxygens (including phenoxy) is 1. The van der Waals surface area contributed by atoms with E-state index in [9.17, 15) is 0 Å². The zero-order valence-electron chi connectivity index (χ0n) is 9.99. The van der Waals surface area contributed by atoms with Crippen molar-refractivity contribution >= 4 is 5.82 Å². The highest BCUT2D eigenvalue weighted by atomic mass is 16.5. The van der Waals surface area contributed by atoms with Gasteiger partial charge in [0.2, 0.25) is 5.88 Å². The second-order valence-corrected chi connectivity index (χ2v) is 4.20. The molecule has 0 bridgehead atoms. The fourth-order valence-corrected chi connectivity index (χ4v) is 2.12. The molecule has 88 valence electrons. The van der Waals surface area contributed by atoms with E-state index < -0.39 is 0 Å². The van der Waals surface area contributed by atoms with Crippen molar-refractivity contribution in [3.63, 3.8) is 0 Å². The van der Waals surface area contributed by atoms with Crippen molar-refractivity contribution in [2.45, 2.75) is 45.6 Å². The fraction of sp³-hybridized carbons (Fsp3) is 0.667. The number of nitrogens with one attached hydrogen (secondary N) is 1. The molecule has 4 heteroatoms. The number of rotatable bonds is 4. The van der Waals surface area contributed by atoms with Crippen LogP contribution in [-0.4, -0.2) is 22.6 Å². The van der Waals surface area contributed by atoms with Crippen molar-refractivity contribution in [2.75, 3.05) is 11.9 Å². The molecule has 1 aromatic rings. The van der Waals surface area contributed by atoms with Crippen LogP contribution in [0.3, 0.4) is 0 Å². The number of nitrogens with zero attached hydrogens (tertiary/aromatic N) is 2. The van der Waals surface area contributed by atoms with Gasteiger partial charge in [-0.3, -0.25) is 0 Å². The van der Waals surface area contributed by atoms with E-state index in [1.807, 2.05) is 19.9 Å². The molecule has 0 unspecified atom stereocenters. The van der Waals surface area contributed by atoms with Gasteiger partial charge in [-0.2, -0.15) is 4.98 Å². The molecule has 0 spiro atoms. The minimum Gasteiger partial charge on any atom is -0.478 e. The summed E-state index contributed by atoms with van der Waals surface area (Å²) in [5.41, 5.74) is 0. The molecule has 1 aliphatic rings. The molecule has 1 heterocycles. The third-order valence-electron chi connectivity index (χ3n) is 2.81. The first kappa shape index (κ1) is 11.2. The van der Waals surface area contributed by atoms with Crippen LogP contribution in [0.1, 0.15) is 38.4 Å². The van der Waals surface area contributed by atoms with Crippen LogP contribution in [0.4, 0.5) is 5.82 Å². The van der Waals surface area contributed by atoms with Crippen LogP contribution < -0.4 is 10.1 Å². The van der Waals surface area contributed by atoms with Gasteiger partial charge in [-0.15, -0.1) is 0 Å². The van der Waals surface area contributed by atoms with E-state index in [1.54, 1.807) is 0 Å². The number of hydrogen-bond acceptors (Lipinski definition) is 4. The fourth-order valence-electron chi connectivity index (χ4n) is 2.12. The van der Waals surface area contributed by atoms with Crippen molar-refractivity contribution in [3.05, 3.63) is 11.9 Å². The Kier molecular flexibility index (Phi) is 3.59. The van der Waals surface area contributed by atoms with E-state index in [4.69, 9.17) is 4.74 Å². The first-order valence-corrected chi connectivity index (χ1v) is 6.03. The Morgan fingerprint density at radius 3 is 2.81 bits per heavy atom. The average Bonchev–Trinajstić information content (AvgIpc) is 2.70. The number of aryl methyl sites for hydroxylation is 1. The van der Waals surface area contributed by atoms with Crippen LogP contribution in [-0.2, 0) is 0 Å². The van der Waals surface area contributed by atoms with Gasteiger partial charge in [-0.25, -0.2) is 4.98 Å². The molecule has 0 atom stereocenters. The van der Waals surface area contributed by atoms with Crippen molar-refractivity contribution in [1.82, 2.24) is 9.97 Å². The summed E-state index contributed by atoms with van der Waals surface area (Å²) in [5, 5.41) is 3.45. The van der Waals surface area contributed by atoms with Gasteiger partial charge in [0.05, 0.1) is 6.61 Å². The highest BCUT2D eigenvalue weighted by Gasteiger charge is 2.15. The first-order chi connectivity index (χ1) is 7.78. The zero-order chi connectivity index (χ0) is 11.4. The molecule has 1 fully saturated rings. The third kappa shape index (κ3) is 2.84. The molecule has 1 aromatic heterocycles. The summed E-state index contributed by atoms with van der Waals surface area (Å²) in [7, 11) is 0. The van der Waals surface area contributed by atoms with Gasteiger partial charge < -0.3 is 10.1 Å². The largest absolute Gasteiger partial charge is 0.478 e. The Morgan fingerprint density at radius 2 is 2.12 bits per heavy atom. The lowest BCUT2D eigenvalue weighted by atomic mass is 10.2. The molecule has 0 radical (unpaired) electrons. The molecule has 0 saturated heterocycles. The Labute approximate surface area is 96.4 Å². The first-order valence-electron chi connectivity index (χ1n) is 6.03. The van der Waals surface area contributed by atoms with Gasteiger partial charge in [-0.1, -0.05) is 12.8 Å². The van der Waals surface area contributed by atoms with Crippen molar-refractivity contribution in [2.24, 2.45) is 0 Å². The van der Waals surface area contributed by atoms with Gasteiger partial charge in [0.1, 0.15) is 11.6 Å². The SMILES string of the molecule is CCOc1cc(NC2CCCC2)nc(C)n1. The van der Waals surface area contributed by atoms with E-state index in [0.29, 0.717) is 18.5 Å². The molecule has 1 saturated carbocycles. The lowest BCUT2D eigenvalue weighted by molar-refractivity contribution is 0.325. The van der Waals surface area contributed by atoms with Crippen LogP contribution in [0.15, 0.2) is 6.07 Å². The molecule has 0 amide bonds. The molecular formula is C12H19N3O. The summed E-state index contributed by atoms with van der Waals surface area (Å²) in [6.45, 7) is 4.49. The Hall–Kier alpha value is -1.32. The van der Waals surface area contributed by atoms with Gasteiger partial charge in [0.15, 0.2) is 0 Å². The van der Waals surface area contributed by atoms with Gasteiger partial charge in [-0.05, 0) is 26.7 Å². The zero-order valence-corrected chi connectivity index (χ0v) is 9.99. The summed E-state index contributed by atoms with van der Waals surface area (Å²) < 4.78 is 5.40. The topological polar surface area (TPSA) is 47.0 Å². The molecular weight excluding hydrogens is 202 g/mol. The van der Waals surface area contributed by atoms with Crippen LogP contribution in [0.25, 0.3) is 0 Å². The Morgan fingerprint density at radius 1 is 1.38 bits per heavy atom. The average molecular weight is 221 g/mol. The Balaban J connectivity index is 2.06. The van der Waals surface area contributed by atoms with Crippen molar-refractivity contribution < 1.29 is 4.74 Å². The molecule has 1 N–H and O–H groups in total. The van der Waals surface area contributed by atoms with Crippen LogP contribution in [0, 0.1) is 6.92 Å².